The molecular weight excluding hydrogens is 286 g/mol. The summed E-state index contributed by atoms with van der Waals surface area (Å²) >= 11 is 0. The van der Waals surface area contributed by atoms with Gasteiger partial charge in [0.1, 0.15) is 5.75 Å². The van der Waals surface area contributed by atoms with Crippen molar-refractivity contribution in [2.75, 3.05) is 0 Å². The standard InChI is InChI=1S/C20H25NO2/c1-5-19(23-18-12-11-14(2)15(3)13-18)20(22)21-16(4)17-9-7-6-8-10-17/h6-13,16,19H,5H2,1-4H3,(H,21,22)/t16-,19+/m1/s1. The molecule has 122 valence electrons. The molecule has 2 aromatic carbocycles. The van der Waals surface area contributed by atoms with E-state index in [0.29, 0.717) is 6.42 Å². The largest absolute Gasteiger partial charge is 0.481 e. The van der Waals surface area contributed by atoms with Gasteiger partial charge >= 0.3 is 0 Å². The van der Waals surface area contributed by atoms with Crippen molar-refractivity contribution >= 4 is 5.91 Å². The van der Waals surface area contributed by atoms with Gasteiger partial charge in [0.15, 0.2) is 6.10 Å². The van der Waals surface area contributed by atoms with E-state index >= 15 is 0 Å². The molecule has 0 aliphatic heterocycles. The van der Waals surface area contributed by atoms with Gasteiger partial charge in [0, 0.05) is 0 Å². The Balaban J connectivity index is 2.02. The fourth-order valence-corrected chi connectivity index (χ4v) is 2.41. The summed E-state index contributed by atoms with van der Waals surface area (Å²) in [5, 5.41) is 3.03. The molecule has 3 heteroatoms. The summed E-state index contributed by atoms with van der Waals surface area (Å²) in [5.74, 6) is 0.657. The lowest BCUT2D eigenvalue weighted by atomic mass is 10.1. The second kappa shape index (κ2) is 7.82. The minimum Gasteiger partial charge on any atom is -0.481 e. The van der Waals surface area contributed by atoms with Crippen LogP contribution in [0.3, 0.4) is 0 Å². The van der Waals surface area contributed by atoms with Crippen molar-refractivity contribution in [3.8, 4) is 5.75 Å². The first-order valence-electron chi connectivity index (χ1n) is 8.10. The monoisotopic (exact) mass is 311 g/mol. The lowest BCUT2D eigenvalue weighted by Crippen LogP contribution is -2.39. The molecule has 0 aromatic heterocycles. The minimum atomic E-state index is -0.483. The van der Waals surface area contributed by atoms with E-state index in [-0.39, 0.29) is 11.9 Å². The number of amides is 1. The molecule has 23 heavy (non-hydrogen) atoms. The molecule has 0 spiro atoms. The molecule has 2 aromatic rings. The Bertz CT molecular complexity index is 652. The van der Waals surface area contributed by atoms with Gasteiger partial charge in [0.25, 0.3) is 5.91 Å². The highest BCUT2D eigenvalue weighted by atomic mass is 16.5. The van der Waals surface area contributed by atoms with Crippen LogP contribution in [0.2, 0.25) is 0 Å². The number of benzene rings is 2. The summed E-state index contributed by atoms with van der Waals surface area (Å²) in [5.41, 5.74) is 3.46. The van der Waals surface area contributed by atoms with Crippen LogP contribution in [0.15, 0.2) is 48.5 Å². The molecule has 3 nitrogen and oxygen atoms in total. The lowest BCUT2D eigenvalue weighted by molar-refractivity contribution is -0.128. The van der Waals surface area contributed by atoms with Crippen LogP contribution >= 0.6 is 0 Å². The Morgan fingerprint density at radius 1 is 1.09 bits per heavy atom. The number of carbonyl (C=O) groups is 1. The van der Waals surface area contributed by atoms with Crippen LogP contribution in [-0.4, -0.2) is 12.0 Å². The zero-order valence-corrected chi connectivity index (χ0v) is 14.3. The maximum atomic E-state index is 12.5. The Kier molecular flexibility index (Phi) is 5.80. The lowest BCUT2D eigenvalue weighted by Gasteiger charge is -2.21. The van der Waals surface area contributed by atoms with E-state index in [1.807, 2.05) is 69.3 Å². The van der Waals surface area contributed by atoms with Gasteiger partial charge in [-0.3, -0.25) is 4.79 Å². The van der Waals surface area contributed by atoms with Crippen molar-refractivity contribution < 1.29 is 9.53 Å². The summed E-state index contributed by atoms with van der Waals surface area (Å²) in [6.45, 7) is 8.04. The third-order valence-electron chi connectivity index (χ3n) is 4.08. The number of hydrogen-bond donors (Lipinski definition) is 1. The van der Waals surface area contributed by atoms with Gasteiger partial charge in [0.2, 0.25) is 0 Å². The average Bonchev–Trinajstić information content (AvgIpc) is 2.56. The van der Waals surface area contributed by atoms with Gasteiger partial charge < -0.3 is 10.1 Å². The minimum absolute atomic E-state index is 0.0406. The molecule has 1 amide bonds. The number of nitrogens with one attached hydrogen (secondary N) is 1. The van der Waals surface area contributed by atoms with Crippen LogP contribution in [-0.2, 0) is 4.79 Å². The summed E-state index contributed by atoms with van der Waals surface area (Å²) in [6, 6.07) is 15.8. The fraction of sp³-hybridized carbons (Fsp3) is 0.350. The van der Waals surface area contributed by atoms with E-state index in [0.717, 1.165) is 16.9 Å². The van der Waals surface area contributed by atoms with Crippen molar-refractivity contribution in [2.24, 2.45) is 0 Å². The Hall–Kier alpha value is -2.29. The van der Waals surface area contributed by atoms with Crippen molar-refractivity contribution in [1.82, 2.24) is 5.32 Å². The SMILES string of the molecule is CC[C@H](Oc1ccc(C)c(C)c1)C(=O)N[C@H](C)c1ccccc1. The fourth-order valence-electron chi connectivity index (χ4n) is 2.41. The molecule has 0 bridgehead atoms. The smallest absolute Gasteiger partial charge is 0.261 e. The predicted molar refractivity (Wildman–Crippen MR) is 93.6 cm³/mol. The molecule has 0 saturated carbocycles. The van der Waals surface area contributed by atoms with E-state index in [1.165, 1.54) is 5.56 Å². The normalized spacial score (nSPS) is 13.2. The van der Waals surface area contributed by atoms with Gasteiger partial charge in [-0.05, 0) is 56.0 Å². The first kappa shape index (κ1) is 17.1. The second-order valence-electron chi connectivity index (χ2n) is 5.90. The topological polar surface area (TPSA) is 38.3 Å². The third kappa shape index (κ3) is 4.59. The van der Waals surface area contributed by atoms with Crippen molar-refractivity contribution in [3.05, 3.63) is 65.2 Å². The molecule has 1 N–H and O–H groups in total. The molecule has 0 heterocycles. The van der Waals surface area contributed by atoms with Gasteiger partial charge in [-0.25, -0.2) is 0 Å². The number of rotatable bonds is 6. The van der Waals surface area contributed by atoms with Gasteiger partial charge in [-0.1, -0.05) is 43.3 Å². The molecule has 0 aliphatic rings. The van der Waals surface area contributed by atoms with Crippen LogP contribution in [0, 0.1) is 13.8 Å². The van der Waals surface area contributed by atoms with E-state index in [4.69, 9.17) is 4.74 Å². The van der Waals surface area contributed by atoms with Crippen LogP contribution in [0.25, 0.3) is 0 Å². The third-order valence-corrected chi connectivity index (χ3v) is 4.08. The van der Waals surface area contributed by atoms with Crippen LogP contribution < -0.4 is 10.1 Å². The van der Waals surface area contributed by atoms with Crippen LogP contribution in [0.1, 0.15) is 43.0 Å². The van der Waals surface area contributed by atoms with Crippen molar-refractivity contribution in [3.63, 3.8) is 0 Å². The molecule has 0 unspecified atom stereocenters. The van der Waals surface area contributed by atoms with E-state index in [9.17, 15) is 4.79 Å². The van der Waals surface area contributed by atoms with Crippen LogP contribution in [0.5, 0.6) is 5.75 Å². The molecule has 0 radical (unpaired) electrons. The Morgan fingerprint density at radius 2 is 1.78 bits per heavy atom. The molecule has 2 rings (SSSR count). The highest BCUT2D eigenvalue weighted by Gasteiger charge is 2.20. The van der Waals surface area contributed by atoms with Crippen molar-refractivity contribution in [1.29, 1.82) is 0 Å². The van der Waals surface area contributed by atoms with E-state index in [1.54, 1.807) is 0 Å². The Morgan fingerprint density at radius 3 is 2.39 bits per heavy atom. The number of aryl methyl sites for hydroxylation is 2. The van der Waals surface area contributed by atoms with E-state index in [2.05, 4.69) is 12.2 Å². The molecular formula is C20H25NO2. The quantitative estimate of drug-likeness (QED) is 0.862. The second-order valence-corrected chi connectivity index (χ2v) is 5.90. The number of hydrogen-bond acceptors (Lipinski definition) is 2. The van der Waals surface area contributed by atoms with Gasteiger partial charge in [0.05, 0.1) is 6.04 Å². The first-order chi connectivity index (χ1) is 11.0. The van der Waals surface area contributed by atoms with Crippen LogP contribution in [0.4, 0.5) is 0 Å². The molecule has 2 atom stereocenters. The zero-order chi connectivity index (χ0) is 16.8. The van der Waals surface area contributed by atoms with Gasteiger partial charge in [-0.2, -0.15) is 0 Å². The molecule has 0 fully saturated rings. The molecule has 0 aliphatic carbocycles. The maximum absolute atomic E-state index is 12.5. The van der Waals surface area contributed by atoms with E-state index < -0.39 is 6.10 Å². The average molecular weight is 311 g/mol. The number of carbonyl (C=O) groups excluding carboxylic acids is 1. The highest BCUT2D eigenvalue weighted by Crippen LogP contribution is 2.19. The number of ether oxygens (including phenoxy) is 1. The van der Waals surface area contributed by atoms with Crippen molar-refractivity contribution in [2.45, 2.75) is 46.3 Å². The Labute approximate surface area is 138 Å². The summed E-state index contributed by atoms with van der Waals surface area (Å²) in [6.07, 6.45) is 0.142. The molecule has 0 saturated heterocycles. The van der Waals surface area contributed by atoms with Gasteiger partial charge in [-0.15, -0.1) is 0 Å². The summed E-state index contributed by atoms with van der Waals surface area (Å²) < 4.78 is 5.89. The predicted octanol–water partition coefficient (Wildman–Crippen LogP) is 4.34. The zero-order valence-electron chi connectivity index (χ0n) is 14.3. The highest BCUT2D eigenvalue weighted by molar-refractivity contribution is 5.81. The first-order valence-corrected chi connectivity index (χ1v) is 8.10. The summed E-state index contributed by atoms with van der Waals surface area (Å²) in [7, 11) is 0. The summed E-state index contributed by atoms with van der Waals surface area (Å²) in [4.78, 5) is 12.5. The maximum Gasteiger partial charge on any atom is 0.261 e.